The van der Waals surface area contributed by atoms with Crippen molar-refractivity contribution in [3.63, 3.8) is 0 Å². The lowest BCUT2D eigenvalue weighted by molar-refractivity contribution is -0.115. The van der Waals surface area contributed by atoms with Crippen molar-refractivity contribution in [2.24, 2.45) is 0 Å². The maximum atomic E-state index is 12.6. The fourth-order valence-electron chi connectivity index (χ4n) is 2.93. The molecule has 2 aromatic carbocycles. The molecule has 0 aliphatic heterocycles. The van der Waals surface area contributed by atoms with Crippen molar-refractivity contribution in [1.82, 2.24) is 9.78 Å². The molecule has 0 radical (unpaired) electrons. The monoisotopic (exact) mass is 491 g/mol. The summed E-state index contributed by atoms with van der Waals surface area (Å²) < 4.78 is 13.6. The summed E-state index contributed by atoms with van der Waals surface area (Å²) in [5, 5.41) is 7.97. The standard InChI is InChI=1S/C22H23BrClN3O3/c1-3-29-19-10-9-15(11-20(19)30-4-2)12-21(28)25-22-17(23)14-27(26-22)13-16-7-5-6-8-18(16)24/h5-11,14H,3-4,12-13H2,1-2H3,(H,25,26,28). The molecule has 1 amide bonds. The Hall–Kier alpha value is -2.51. The Morgan fingerprint density at radius 3 is 2.60 bits per heavy atom. The number of aromatic nitrogens is 2. The van der Waals surface area contributed by atoms with E-state index in [0.717, 1.165) is 11.1 Å². The van der Waals surface area contributed by atoms with Crippen LogP contribution >= 0.6 is 27.5 Å². The minimum Gasteiger partial charge on any atom is -0.490 e. The van der Waals surface area contributed by atoms with E-state index in [1.165, 1.54) is 0 Å². The zero-order chi connectivity index (χ0) is 21.5. The number of rotatable bonds is 9. The predicted molar refractivity (Wildman–Crippen MR) is 122 cm³/mol. The fraction of sp³-hybridized carbons (Fsp3) is 0.273. The van der Waals surface area contributed by atoms with E-state index >= 15 is 0 Å². The molecule has 0 saturated carbocycles. The van der Waals surface area contributed by atoms with Crippen LogP contribution in [0.25, 0.3) is 0 Å². The van der Waals surface area contributed by atoms with Gasteiger partial charge in [0, 0.05) is 11.2 Å². The average molecular weight is 493 g/mol. The average Bonchev–Trinajstić information content (AvgIpc) is 3.04. The fourth-order valence-corrected chi connectivity index (χ4v) is 3.54. The number of anilines is 1. The van der Waals surface area contributed by atoms with Crippen LogP contribution in [0.5, 0.6) is 11.5 Å². The van der Waals surface area contributed by atoms with Gasteiger partial charge in [0.05, 0.1) is 30.7 Å². The summed E-state index contributed by atoms with van der Waals surface area (Å²) in [5.41, 5.74) is 1.77. The molecule has 1 heterocycles. The van der Waals surface area contributed by atoms with Gasteiger partial charge in [-0.25, -0.2) is 0 Å². The van der Waals surface area contributed by atoms with E-state index < -0.39 is 0 Å². The second-order valence-electron chi connectivity index (χ2n) is 6.49. The van der Waals surface area contributed by atoms with E-state index in [9.17, 15) is 4.79 Å². The van der Waals surface area contributed by atoms with E-state index in [0.29, 0.717) is 46.6 Å². The van der Waals surface area contributed by atoms with Gasteiger partial charge in [0.25, 0.3) is 0 Å². The first-order valence-corrected chi connectivity index (χ1v) is 10.8. The van der Waals surface area contributed by atoms with Crippen LogP contribution in [0.4, 0.5) is 5.82 Å². The summed E-state index contributed by atoms with van der Waals surface area (Å²) in [6, 6.07) is 13.1. The van der Waals surface area contributed by atoms with Gasteiger partial charge >= 0.3 is 0 Å². The number of hydrogen-bond acceptors (Lipinski definition) is 4. The highest BCUT2D eigenvalue weighted by Crippen LogP contribution is 2.29. The maximum Gasteiger partial charge on any atom is 0.230 e. The number of halogens is 2. The molecule has 1 N–H and O–H groups in total. The molecular formula is C22H23BrClN3O3. The summed E-state index contributed by atoms with van der Waals surface area (Å²) in [6.07, 6.45) is 2.00. The largest absolute Gasteiger partial charge is 0.490 e. The van der Waals surface area contributed by atoms with Crippen molar-refractivity contribution in [1.29, 1.82) is 0 Å². The molecule has 3 rings (SSSR count). The lowest BCUT2D eigenvalue weighted by atomic mass is 10.1. The molecule has 0 aliphatic rings. The van der Waals surface area contributed by atoms with Crippen LogP contribution < -0.4 is 14.8 Å². The Balaban J connectivity index is 1.67. The van der Waals surface area contributed by atoms with Crippen LogP contribution in [0.2, 0.25) is 5.02 Å². The second-order valence-corrected chi connectivity index (χ2v) is 7.75. The van der Waals surface area contributed by atoms with Crippen LogP contribution in [0.15, 0.2) is 53.1 Å². The Kier molecular flexibility index (Phi) is 7.76. The summed E-state index contributed by atoms with van der Waals surface area (Å²) >= 11 is 9.67. The molecular weight excluding hydrogens is 470 g/mol. The zero-order valence-electron chi connectivity index (χ0n) is 16.8. The third-order valence-electron chi connectivity index (χ3n) is 4.24. The van der Waals surface area contributed by atoms with Gasteiger partial charge in [-0.3, -0.25) is 9.48 Å². The molecule has 1 aromatic heterocycles. The van der Waals surface area contributed by atoms with Crippen molar-refractivity contribution in [3.8, 4) is 11.5 Å². The summed E-state index contributed by atoms with van der Waals surface area (Å²) in [6.45, 7) is 5.40. The lowest BCUT2D eigenvalue weighted by Gasteiger charge is -2.12. The van der Waals surface area contributed by atoms with Gasteiger partial charge in [-0.1, -0.05) is 35.9 Å². The zero-order valence-corrected chi connectivity index (χ0v) is 19.2. The number of amides is 1. The van der Waals surface area contributed by atoms with Gasteiger partial charge in [0.2, 0.25) is 5.91 Å². The van der Waals surface area contributed by atoms with Crippen LogP contribution in [0.3, 0.4) is 0 Å². The molecule has 6 nitrogen and oxygen atoms in total. The molecule has 3 aromatic rings. The number of carbonyl (C=O) groups excluding carboxylic acids is 1. The van der Waals surface area contributed by atoms with Crippen molar-refractivity contribution in [2.75, 3.05) is 18.5 Å². The normalized spacial score (nSPS) is 10.7. The first-order valence-electron chi connectivity index (χ1n) is 9.64. The minimum absolute atomic E-state index is 0.176. The van der Waals surface area contributed by atoms with Crippen LogP contribution in [0.1, 0.15) is 25.0 Å². The van der Waals surface area contributed by atoms with Gasteiger partial charge in [0.1, 0.15) is 0 Å². The van der Waals surface area contributed by atoms with Crippen molar-refractivity contribution < 1.29 is 14.3 Å². The third kappa shape index (κ3) is 5.77. The Morgan fingerprint density at radius 1 is 1.13 bits per heavy atom. The van der Waals surface area contributed by atoms with Gasteiger partial charge in [-0.15, -0.1) is 0 Å². The van der Waals surface area contributed by atoms with E-state index in [2.05, 4.69) is 26.3 Å². The highest BCUT2D eigenvalue weighted by Gasteiger charge is 2.13. The first kappa shape index (κ1) is 22.2. The van der Waals surface area contributed by atoms with Gasteiger partial charge < -0.3 is 14.8 Å². The Morgan fingerprint density at radius 2 is 1.87 bits per heavy atom. The number of hydrogen-bond donors (Lipinski definition) is 1. The van der Waals surface area contributed by atoms with E-state index in [-0.39, 0.29) is 12.3 Å². The summed E-state index contributed by atoms with van der Waals surface area (Å²) in [5.74, 6) is 1.59. The van der Waals surface area contributed by atoms with Crippen LogP contribution in [-0.2, 0) is 17.8 Å². The molecule has 0 atom stereocenters. The number of nitrogens with one attached hydrogen (secondary N) is 1. The topological polar surface area (TPSA) is 65.4 Å². The molecule has 0 aliphatic carbocycles. The van der Waals surface area contributed by atoms with Crippen LogP contribution in [-0.4, -0.2) is 28.9 Å². The molecule has 158 valence electrons. The summed E-state index contributed by atoms with van der Waals surface area (Å²) in [7, 11) is 0. The molecule has 0 saturated heterocycles. The van der Waals surface area contributed by atoms with E-state index in [4.69, 9.17) is 21.1 Å². The molecule has 0 fully saturated rings. The highest BCUT2D eigenvalue weighted by molar-refractivity contribution is 9.10. The lowest BCUT2D eigenvalue weighted by Crippen LogP contribution is -2.15. The number of carbonyl (C=O) groups is 1. The van der Waals surface area contributed by atoms with E-state index in [1.807, 2.05) is 62.5 Å². The van der Waals surface area contributed by atoms with Crippen molar-refractivity contribution in [2.45, 2.75) is 26.8 Å². The molecule has 0 unspecified atom stereocenters. The quantitative estimate of drug-likeness (QED) is 0.439. The first-order chi connectivity index (χ1) is 14.5. The molecule has 30 heavy (non-hydrogen) atoms. The Bertz CT molecular complexity index is 1020. The SMILES string of the molecule is CCOc1ccc(CC(=O)Nc2nn(Cc3ccccc3Cl)cc2Br)cc1OCC. The van der Waals surface area contributed by atoms with Gasteiger partial charge in [0.15, 0.2) is 17.3 Å². The van der Waals surface area contributed by atoms with E-state index in [1.54, 1.807) is 4.68 Å². The van der Waals surface area contributed by atoms with Crippen molar-refractivity contribution >= 4 is 39.3 Å². The number of benzene rings is 2. The molecule has 8 heteroatoms. The van der Waals surface area contributed by atoms with Gasteiger partial charge in [-0.05, 0) is 59.1 Å². The van der Waals surface area contributed by atoms with Crippen LogP contribution in [0, 0.1) is 0 Å². The third-order valence-corrected chi connectivity index (χ3v) is 5.19. The smallest absolute Gasteiger partial charge is 0.230 e. The van der Waals surface area contributed by atoms with Crippen molar-refractivity contribution in [3.05, 3.63) is 69.3 Å². The highest BCUT2D eigenvalue weighted by atomic mass is 79.9. The molecule has 0 spiro atoms. The number of nitrogens with zero attached hydrogens (tertiary/aromatic N) is 2. The summed E-state index contributed by atoms with van der Waals surface area (Å²) in [4.78, 5) is 12.6. The second kappa shape index (κ2) is 10.5. The predicted octanol–water partition coefficient (Wildman–Crippen LogP) is 5.33. The minimum atomic E-state index is -0.176. The maximum absolute atomic E-state index is 12.6. The number of ether oxygens (including phenoxy) is 2. The Labute approximate surface area is 189 Å². The van der Waals surface area contributed by atoms with Gasteiger partial charge in [-0.2, -0.15) is 5.10 Å². The molecule has 0 bridgehead atoms.